The highest BCUT2D eigenvalue weighted by molar-refractivity contribution is 6.09. The molecule has 37 heavy (non-hydrogen) atoms. The summed E-state index contributed by atoms with van der Waals surface area (Å²) in [4.78, 5) is 4.92. The summed E-state index contributed by atoms with van der Waals surface area (Å²) in [5.41, 5.74) is 8.80. The number of benzene rings is 5. The summed E-state index contributed by atoms with van der Waals surface area (Å²) in [6.07, 6.45) is 0.852. The average molecular weight is 478 g/mol. The Balaban J connectivity index is 1.31. The standard InChI is InChI=1S/C33H23N3O/c1-2-31-34-26-20-19-23(33-32(26)36(31)29-13-7-8-14-30(29)37-33)21-15-17-22(18-16-21)35-27-11-5-3-9-24(27)25-10-4-6-12-28(25)35/h3-20H,2H2,1H3. The predicted octanol–water partition coefficient (Wildman–Crippen LogP) is 8.46. The van der Waals surface area contributed by atoms with E-state index in [0.29, 0.717) is 0 Å². The highest BCUT2D eigenvalue weighted by Crippen LogP contribution is 2.46. The van der Waals surface area contributed by atoms with Crippen molar-refractivity contribution in [2.75, 3.05) is 0 Å². The molecule has 4 heteroatoms. The third-order valence-electron chi connectivity index (χ3n) is 7.49. The van der Waals surface area contributed by atoms with Crippen LogP contribution in [0.5, 0.6) is 11.5 Å². The van der Waals surface area contributed by atoms with E-state index in [0.717, 1.165) is 57.3 Å². The molecule has 3 heterocycles. The number of fused-ring (bicyclic) bond motifs is 5. The first-order valence-corrected chi connectivity index (χ1v) is 12.7. The van der Waals surface area contributed by atoms with Crippen LogP contribution in [-0.2, 0) is 6.42 Å². The van der Waals surface area contributed by atoms with Crippen molar-refractivity contribution in [3.63, 3.8) is 0 Å². The Kier molecular flexibility index (Phi) is 4.17. The zero-order chi connectivity index (χ0) is 24.5. The normalized spacial score (nSPS) is 12.2. The monoisotopic (exact) mass is 477 g/mol. The van der Waals surface area contributed by atoms with Crippen LogP contribution >= 0.6 is 0 Å². The summed E-state index contributed by atoms with van der Waals surface area (Å²) >= 11 is 0. The summed E-state index contributed by atoms with van der Waals surface area (Å²) in [6, 6.07) is 38.5. The molecule has 0 saturated heterocycles. The summed E-state index contributed by atoms with van der Waals surface area (Å²) in [6.45, 7) is 2.15. The Hall–Kier alpha value is -4.83. The van der Waals surface area contributed by atoms with Gasteiger partial charge < -0.3 is 9.30 Å². The number of rotatable bonds is 3. The maximum Gasteiger partial charge on any atom is 0.161 e. The number of para-hydroxylation sites is 4. The molecule has 7 aromatic rings. The molecular weight excluding hydrogens is 454 g/mol. The van der Waals surface area contributed by atoms with Crippen LogP contribution in [0.25, 0.3) is 55.3 Å². The largest absolute Gasteiger partial charge is 0.452 e. The first kappa shape index (κ1) is 20.4. The van der Waals surface area contributed by atoms with Gasteiger partial charge in [0, 0.05) is 28.4 Å². The lowest BCUT2D eigenvalue weighted by atomic mass is 10.0. The molecule has 176 valence electrons. The number of ether oxygens (including phenoxy) is 1. The van der Waals surface area contributed by atoms with Crippen LogP contribution in [0.4, 0.5) is 0 Å². The lowest BCUT2D eigenvalue weighted by Crippen LogP contribution is -2.07. The maximum atomic E-state index is 6.54. The van der Waals surface area contributed by atoms with E-state index in [1.165, 1.54) is 21.8 Å². The zero-order valence-electron chi connectivity index (χ0n) is 20.3. The number of hydrogen-bond acceptors (Lipinski definition) is 2. The van der Waals surface area contributed by atoms with E-state index in [-0.39, 0.29) is 0 Å². The van der Waals surface area contributed by atoms with Crippen molar-refractivity contribution in [2.45, 2.75) is 13.3 Å². The van der Waals surface area contributed by atoms with Crippen molar-refractivity contribution in [3.8, 4) is 34.0 Å². The number of aromatic nitrogens is 3. The summed E-state index contributed by atoms with van der Waals surface area (Å²) in [5, 5.41) is 2.54. The summed E-state index contributed by atoms with van der Waals surface area (Å²) in [7, 11) is 0. The molecule has 5 aromatic carbocycles. The Morgan fingerprint density at radius 2 is 1.35 bits per heavy atom. The van der Waals surface area contributed by atoms with Gasteiger partial charge in [0.05, 0.1) is 22.2 Å². The molecule has 0 saturated carbocycles. The third-order valence-corrected chi connectivity index (χ3v) is 7.49. The topological polar surface area (TPSA) is 32.0 Å². The second kappa shape index (κ2) is 7.58. The van der Waals surface area contributed by atoms with Crippen LogP contribution in [0.15, 0.2) is 109 Å². The van der Waals surface area contributed by atoms with Gasteiger partial charge in [0.1, 0.15) is 11.3 Å². The maximum absolute atomic E-state index is 6.54. The molecule has 1 aliphatic heterocycles. The first-order valence-electron chi connectivity index (χ1n) is 12.7. The van der Waals surface area contributed by atoms with Gasteiger partial charge in [0.15, 0.2) is 11.5 Å². The van der Waals surface area contributed by atoms with Gasteiger partial charge in [0.25, 0.3) is 0 Å². The van der Waals surface area contributed by atoms with Gasteiger partial charge in [-0.1, -0.05) is 67.6 Å². The van der Waals surface area contributed by atoms with Crippen molar-refractivity contribution in [1.82, 2.24) is 14.1 Å². The summed E-state index contributed by atoms with van der Waals surface area (Å²) < 4.78 is 11.2. The molecule has 0 radical (unpaired) electrons. The molecule has 0 fully saturated rings. The third kappa shape index (κ3) is 2.81. The minimum atomic E-state index is 0.852. The van der Waals surface area contributed by atoms with Crippen LogP contribution in [0.2, 0.25) is 0 Å². The lowest BCUT2D eigenvalue weighted by Gasteiger charge is -2.23. The van der Waals surface area contributed by atoms with E-state index < -0.39 is 0 Å². The fourth-order valence-electron chi connectivity index (χ4n) is 5.84. The van der Waals surface area contributed by atoms with Crippen molar-refractivity contribution >= 4 is 32.8 Å². The van der Waals surface area contributed by atoms with Gasteiger partial charge in [0.2, 0.25) is 0 Å². The Labute approximate surface area is 214 Å². The molecule has 0 amide bonds. The molecular formula is C33H23N3O. The van der Waals surface area contributed by atoms with E-state index in [9.17, 15) is 0 Å². The number of nitrogens with zero attached hydrogens (tertiary/aromatic N) is 3. The van der Waals surface area contributed by atoms with E-state index in [1.807, 2.05) is 12.1 Å². The van der Waals surface area contributed by atoms with E-state index >= 15 is 0 Å². The Morgan fingerprint density at radius 1 is 0.676 bits per heavy atom. The SMILES string of the molecule is CCc1nc2ccc(-c3ccc(-n4c5ccccc5c5ccccc54)cc3)c3c2n1-c1ccccc1O3. The van der Waals surface area contributed by atoms with Crippen LogP contribution in [0.3, 0.4) is 0 Å². The first-order chi connectivity index (χ1) is 18.3. The quantitative estimate of drug-likeness (QED) is 0.256. The van der Waals surface area contributed by atoms with Crippen LogP contribution in [0.1, 0.15) is 12.7 Å². The van der Waals surface area contributed by atoms with Crippen LogP contribution < -0.4 is 4.74 Å². The van der Waals surface area contributed by atoms with Crippen LogP contribution in [0, 0.1) is 0 Å². The van der Waals surface area contributed by atoms with E-state index in [4.69, 9.17) is 9.72 Å². The zero-order valence-corrected chi connectivity index (χ0v) is 20.3. The van der Waals surface area contributed by atoms with Gasteiger partial charge in [-0.25, -0.2) is 4.98 Å². The van der Waals surface area contributed by atoms with Gasteiger partial charge in [-0.2, -0.15) is 0 Å². The molecule has 8 rings (SSSR count). The van der Waals surface area contributed by atoms with Gasteiger partial charge >= 0.3 is 0 Å². The highest BCUT2D eigenvalue weighted by atomic mass is 16.5. The Bertz CT molecular complexity index is 1940. The molecule has 0 bridgehead atoms. The molecule has 0 unspecified atom stereocenters. The number of aryl methyl sites for hydroxylation is 1. The second-order valence-corrected chi connectivity index (χ2v) is 9.51. The predicted molar refractivity (Wildman–Crippen MR) is 150 cm³/mol. The Morgan fingerprint density at radius 3 is 2.08 bits per heavy atom. The van der Waals surface area contributed by atoms with Crippen molar-refractivity contribution in [1.29, 1.82) is 0 Å². The van der Waals surface area contributed by atoms with Crippen LogP contribution in [-0.4, -0.2) is 14.1 Å². The molecule has 4 nitrogen and oxygen atoms in total. The van der Waals surface area contributed by atoms with E-state index in [1.54, 1.807) is 0 Å². The molecule has 2 aromatic heterocycles. The minimum absolute atomic E-state index is 0.852. The van der Waals surface area contributed by atoms with Crippen molar-refractivity contribution in [2.24, 2.45) is 0 Å². The number of hydrogen-bond donors (Lipinski definition) is 0. The van der Waals surface area contributed by atoms with Gasteiger partial charge in [-0.3, -0.25) is 4.57 Å². The molecule has 0 aliphatic carbocycles. The smallest absolute Gasteiger partial charge is 0.161 e. The fourth-order valence-corrected chi connectivity index (χ4v) is 5.84. The van der Waals surface area contributed by atoms with Gasteiger partial charge in [-0.15, -0.1) is 0 Å². The average Bonchev–Trinajstić information content (AvgIpc) is 3.51. The molecule has 0 N–H and O–H groups in total. The summed E-state index contributed by atoms with van der Waals surface area (Å²) in [5.74, 6) is 2.78. The lowest BCUT2D eigenvalue weighted by molar-refractivity contribution is 0.476. The second-order valence-electron chi connectivity index (χ2n) is 9.51. The van der Waals surface area contributed by atoms with Crippen molar-refractivity contribution < 1.29 is 4.74 Å². The molecule has 1 aliphatic rings. The highest BCUT2D eigenvalue weighted by Gasteiger charge is 2.26. The van der Waals surface area contributed by atoms with Crippen molar-refractivity contribution in [3.05, 3.63) is 115 Å². The molecule has 0 spiro atoms. The van der Waals surface area contributed by atoms with Gasteiger partial charge in [-0.05, 0) is 54.1 Å². The number of imidazole rings is 1. The fraction of sp³-hybridized carbons (Fsp3) is 0.0606. The van der Waals surface area contributed by atoms with E-state index in [2.05, 4.69) is 113 Å². The molecule has 0 atom stereocenters. The minimum Gasteiger partial charge on any atom is -0.452 e.